The van der Waals surface area contributed by atoms with Gasteiger partial charge in [0.2, 0.25) is 11.8 Å². The van der Waals surface area contributed by atoms with Crippen molar-refractivity contribution in [3.63, 3.8) is 0 Å². The fourth-order valence-corrected chi connectivity index (χ4v) is 4.49. The van der Waals surface area contributed by atoms with E-state index in [2.05, 4.69) is 10.6 Å². The third-order valence-corrected chi connectivity index (χ3v) is 6.93. The second kappa shape index (κ2) is 13.8. The highest BCUT2D eigenvalue weighted by molar-refractivity contribution is 5.89. The molecule has 0 aromatic heterocycles. The van der Waals surface area contributed by atoms with Gasteiger partial charge in [0.1, 0.15) is 5.78 Å². The minimum Gasteiger partial charge on any atom is -0.300 e. The van der Waals surface area contributed by atoms with Crippen LogP contribution in [0, 0.1) is 22.9 Å². The van der Waals surface area contributed by atoms with Crippen molar-refractivity contribution in [3.05, 3.63) is 71.8 Å². The number of hydrogen-bond donors (Lipinski definition) is 2. The van der Waals surface area contributed by atoms with E-state index in [1.165, 1.54) is 0 Å². The minimum absolute atomic E-state index is 0.154. The van der Waals surface area contributed by atoms with Crippen LogP contribution in [-0.4, -0.2) is 17.6 Å². The van der Waals surface area contributed by atoms with Crippen molar-refractivity contribution >= 4 is 17.6 Å². The van der Waals surface area contributed by atoms with Crippen LogP contribution in [0.25, 0.3) is 0 Å². The summed E-state index contributed by atoms with van der Waals surface area (Å²) in [5.41, 5.74) is -0.00494. The van der Waals surface area contributed by atoms with Gasteiger partial charge in [0, 0.05) is 12.8 Å². The summed E-state index contributed by atoms with van der Waals surface area (Å²) in [6.45, 7) is 3.64. The zero-order chi connectivity index (χ0) is 26.4. The molecule has 2 aromatic carbocycles. The first-order chi connectivity index (χ1) is 17.3. The second-order valence-corrected chi connectivity index (χ2v) is 9.48. The van der Waals surface area contributed by atoms with E-state index in [1.807, 2.05) is 74.5 Å². The highest BCUT2D eigenvalue weighted by Gasteiger charge is 2.35. The van der Waals surface area contributed by atoms with Crippen LogP contribution in [0.2, 0.25) is 0 Å². The fourth-order valence-electron chi connectivity index (χ4n) is 4.49. The molecule has 0 bridgehead atoms. The largest absolute Gasteiger partial charge is 0.300 e. The zero-order valence-corrected chi connectivity index (χ0v) is 21.0. The molecule has 0 fully saturated rings. The maximum Gasteiger partial charge on any atom is 0.243 e. The predicted octanol–water partition coefficient (Wildman–Crippen LogP) is 4.79. The molecule has 7 nitrogen and oxygen atoms in total. The molecule has 0 spiro atoms. The van der Waals surface area contributed by atoms with Crippen LogP contribution in [0.3, 0.4) is 0 Å². The molecule has 188 valence electrons. The molecule has 0 saturated carbocycles. The number of nitrogens with zero attached hydrogens (tertiary/aromatic N) is 2. The lowest BCUT2D eigenvalue weighted by Gasteiger charge is -2.28. The number of nitriles is 2. The van der Waals surface area contributed by atoms with Gasteiger partial charge in [-0.2, -0.15) is 10.5 Å². The van der Waals surface area contributed by atoms with Crippen LogP contribution in [0.5, 0.6) is 0 Å². The van der Waals surface area contributed by atoms with Gasteiger partial charge in [0.25, 0.3) is 0 Å². The average molecular weight is 487 g/mol. The molecule has 7 heteroatoms. The second-order valence-electron chi connectivity index (χ2n) is 9.48. The Labute approximate surface area is 213 Å². The Morgan fingerprint density at radius 2 is 1.03 bits per heavy atom. The molecule has 2 amide bonds. The van der Waals surface area contributed by atoms with E-state index in [-0.39, 0.29) is 17.6 Å². The van der Waals surface area contributed by atoms with E-state index >= 15 is 0 Å². The summed E-state index contributed by atoms with van der Waals surface area (Å²) in [6.07, 6.45) is 8.03. The number of nitrogens with one attached hydrogen (secondary N) is 2. The van der Waals surface area contributed by atoms with Gasteiger partial charge >= 0.3 is 0 Å². The van der Waals surface area contributed by atoms with Gasteiger partial charge in [-0.3, -0.25) is 25.0 Å². The Hall–Kier alpha value is -3.97. The minimum atomic E-state index is -0.841. The fraction of sp³-hybridized carbons (Fsp3) is 0.414. The number of unbranched alkanes of at least 4 members (excludes halogenated alkanes) is 2. The number of Topliss-reactive ketones (excluding diaryl/α,β-unsaturated/α-hetero) is 1. The Morgan fingerprint density at radius 1 is 0.667 bits per heavy atom. The molecule has 0 aliphatic rings. The first-order valence-corrected chi connectivity index (χ1v) is 12.3. The molecular formula is C29H34N4O3. The molecule has 0 aliphatic carbocycles. The monoisotopic (exact) mass is 486 g/mol. The maximum absolute atomic E-state index is 12.6. The molecule has 2 rings (SSSR count). The Kier molecular flexibility index (Phi) is 10.8. The smallest absolute Gasteiger partial charge is 0.243 e. The van der Waals surface area contributed by atoms with Gasteiger partial charge in [-0.25, -0.2) is 0 Å². The van der Waals surface area contributed by atoms with Gasteiger partial charge in [0.15, 0.2) is 12.4 Å². The van der Waals surface area contributed by atoms with E-state index in [1.54, 1.807) is 12.4 Å². The summed E-state index contributed by atoms with van der Waals surface area (Å²) < 4.78 is 0. The van der Waals surface area contributed by atoms with E-state index in [4.69, 9.17) is 10.5 Å². The summed E-state index contributed by atoms with van der Waals surface area (Å²) >= 11 is 0. The molecule has 2 aromatic rings. The van der Waals surface area contributed by atoms with Crippen LogP contribution in [0.4, 0.5) is 0 Å². The molecule has 2 N–H and O–H groups in total. The van der Waals surface area contributed by atoms with Gasteiger partial charge in [-0.05, 0) is 50.7 Å². The van der Waals surface area contributed by atoms with E-state index in [9.17, 15) is 14.4 Å². The van der Waals surface area contributed by atoms with E-state index < -0.39 is 10.8 Å². The Morgan fingerprint density at radius 3 is 1.36 bits per heavy atom. The summed E-state index contributed by atoms with van der Waals surface area (Å²) in [5, 5.41) is 22.3. The van der Waals surface area contributed by atoms with Gasteiger partial charge in [-0.1, -0.05) is 73.5 Å². The standard InChI is InChI=1S/C29H34N4O3/c1-28(26(35)32-21-30,23-13-5-3-6-14-23)19-11-9-17-25(34)18-10-12-20-29(2,27(36)33-22-31)24-15-7-4-8-16-24/h3-8,13-16H,9-12,17-20H2,1-2H3,(H,32,35)(H,33,36). The van der Waals surface area contributed by atoms with Crippen molar-refractivity contribution in [3.8, 4) is 12.4 Å². The Balaban J connectivity index is 1.83. The number of carbonyl (C=O) groups excluding carboxylic acids is 3. The van der Waals surface area contributed by atoms with Gasteiger partial charge in [-0.15, -0.1) is 0 Å². The van der Waals surface area contributed by atoms with Crippen molar-refractivity contribution in [1.82, 2.24) is 10.6 Å². The number of carbonyl (C=O) groups is 3. The summed E-state index contributed by atoms with van der Waals surface area (Å²) in [6, 6.07) is 18.7. The normalized spacial score (nSPS) is 13.8. The molecule has 2 atom stereocenters. The third kappa shape index (κ3) is 7.52. The number of rotatable bonds is 14. The molecule has 0 heterocycles. The summed E-state index contributed by atoms with van der Waals surface area (Å²) in [7, 11) is 0. The lowest BCUT2D eigenvalue weighted by Crippen LogP contribution is -2.40. The highest BCUT2D eigenvalue weighted by atomic mass is 16.2. The molecule has 0 aliphatic heterocycles. The van der Waals surface area contributed by atoms with Crippen molar-refractivity contribution in [2.24, 2.45) is 0 Å². The zero-order valence-electron chi connectivity index (χ0n) is 21.0. The van der Waals surface area contributed by atoms with Gasteiger partial charge < -0.3 is 0 Å². The molecule has 0 saturated heterocycles. The summed E-state index contributed by atoms with van der Waals surface area (Å²) in [5.74, 6) is -0.533. The van der Waals surface area contributed by atoms with Crippen LogP contribution in [0.15, 0.2) is 60.7 Å². The van der Waals surface area contributed by atoms with Crippen LogP contribution < -0.4 is 10.6 Å². The van der Waals surface area contributed by atoms with E-state index in [0.29, 0.717) is 51.4 Å². The van der Waals surface area contributed by atoms with Gasteiger partial charge in [0.05, 0.1) is 10.8 Å². The predicted molar refractivity (Wildman–Crippen MR) is 137 cm³/mol. The SMILES string of the molecule is CC(CCCCC(=O)CCCCC(C)(C(=O)NC#N)c1ccccc1)(C(=O)NC#N)c1ccccc1. The lowest BCUT2D eigenvalue weighted by molar-refractivity contribution is -0.126. The van der Waals surface area contributed by atoms with Crippen molar-refractivity contribution in [2.75, 3.05) is 0 Å². The van der Waals surface area contributed by atoms with Crippen LogP contribution >= 0.6 is 0 Å². The molecule has 0 radical (unpaired) electrons. The number of ketones is 1. The number of hydrogen-bond acceptors (Lipinski definition) is 5. The van der Waals surface area contributed by atoms with Crippen molar-refractivity contribution in [2.45, 2.75) is 76.0 Å². The van der Waals surface area contributed by atoms with Crippen molar-refractivity contribution in [1.29, 1.82) is 10.5 Å². The molecule has 36 heavy (non-hydrogen) atoms. The third-order valence-electron chi connectivity index (χ3n) is 6.93. The molecule has 2 unspecified atom stereocenters. The topological polar surface area (TPSA) is 123 Å². The summed E-state index contributed by atoms with van der Waals surface area (Å²) in [4.78, 5) is 37.6. The van der Waals surface area contributed by atoms with Crippen LogP contribution in [0.1, 0.15) is 76.3 Å². The highest BCUT2D eigenvalue weighted by Crippen LogP contribution is 2.31. The van der Waals surface area contributed by atoms with Crippen molar-refractivity contribution < 1.29 is 14.4 Å². The first-order valence-electron chi connectivity index (χ1n) is 12.3. The number of benzene rings is 2. The first kappa shape index (κ1) is 28.3. The Bertz CT molecular complexity index is 1020. The van der Waals surface area contributed by atoms with E-state index in [0.717, 1.165) is 11.1 Å². The number of amides is 2. The van der Waals surface area contributed by atoms with Crippen LogP contribution in [-0.2, 0) is 25.2 Å². The quantitative estimate of drug-likeness (QED) is 0.226. The molecular weight excluding hydrogens is 452 g/mol. The average Bonchev–Trinajstić information content (AvgIpc) is 2.90. The maximum atomic E-state index is 12.6. The lowest BCUT2D eigenvalue weighted by atomic mass is 9.77.